The molecular formula is C18H20N4O4S. The van der Waals surface area contributed by atoms with Gasteiger partial charge in [0, 0.05) is 13.2 Å². The molecule has 2 saturated heterocycles. The van der Waals surface area contributed by atoms with E-state index in [9.17, 15) is 8.42 Å². The Morgan fingerprint density at radius 3 is 2.56 bits per heavy atom. The molecular weight excluding hydrogens is 368 g/mol. The average Bonchev–Trinajstić information content (AvgIpc) is 3.39. The Morgan fingerprint density at radius 1 is 1.07 bits per heavy atom. The van der Waals surface area contributed by atoms with Crippen LogP contribution in [-0.2, 0) is 14.8 Å². The molecule has 8 nitrogen and oxygen atoms in total. The second-order valence-electron chi connectivity index (χ2n) is 6.74. The summed E-state index contributed by atoms with van der Waals surface area (Å²) < 4.78 is 39.1. The third-order valence-corrected chi connectivity index (χ3v) is 6.91. The second kappa shape index (κ2) is 7.38. The topological polar surface area (TPSA) is 109 Å². The minimum atomic E-state index is -3.73. The molecule has 0 unspecified atom stereocenters. The van der Waals surface area contributed by atoms with Crippen molar-refractivity contribution in [1.82, 2.24) is 14.5 Å². The van der Waals surface area contributed by atoms with E-state index in [4.69, 9.17) is 14.4 Å². The van der Waals surface area contributed by atoms with Crippen molar-refractivity contribution in [3.8, 4) is 6.07 Å². The standard InChI is InChI=1S/C18H20N4O4S/c19-12-13-6-8-14(9-7-13)27(23,24)22-10-2-1-4-15(22)17-20-21-18(26-17)16-5-3-11-25-16/h6-9,15-16H,1-5,10-11H2/t15-,16+/m0/s1. The predicted octanol–water partition coefficient (Wildman–Crippen LogP) is 2.71. The maximum absolute atomic E-state index is 13.2. The summed E-state index contributed by atoms with van der Waals surface area (Å²) in [5.74, 6) is 0.737. The van der Waals surface area contributed by atoms with Gasteiger partial charge in [-0.1, -0.05) is 6.42 Å². The van der Waals surface area contributed by atoms with Crippen LogP contribution in [0.3, 0.4) is 0 Å². The van der Waals surface area contributed by atoms with Gasteiger partial charge in [-0.15, -0.1) is 10.2 Å². The Hall–Kier alpha value is -2.28. The van der Waals surface area contributed by atoms with Gasteiger partial charge in [-0.05, 0) is 49.9 Å². The Bertz CT molecular complexity index is 942. The van der Waals surface area contributed by atoms with Crippen LogP contribution in [0.25, 0.3) is 0 Å². The lowest BCUT2D eigenvalue weighted by molar-refractivity contribution is 0.0858. The molecule has 0 amide bonds. The van der Waals surface area contributed by atoms with Crippen LogP contribution >= 0.6 is 0 Å². The van der Waals surface area contributed by atoms with Crippen molar-refractivity contribution in [3.05, 3.63) is 41.6 Å². The van der Waals surface area contributed by atoms with E-state index in [1.165, 1.54) is 28.6 Å². The van der Waals surface area contributed by atoms with Crippen molar-refractivity contribution < 1.29 is 17.6 Å². The summed E-state index contributed by atoms with van der Waals surface area (Å²) in [6.07, 6.45) is 3.88. The monoisotopic (exact) mass is 388 g/mol. The molecule has 2 aliphatic heterocycles. The highest BCUT2D eigenvalue weighted by Gasteiger charge is 2.38. The number of aromatic nitrogens is 2. The number of ether oxygens (including phenoxy) is 1. The summed E-state index contributed by atoms with van der Waals surface area (Å²) in [6.45, 7) is 1.07. The molecule has 2 fully saturated rings. The maximum Gasteiger partial charge on any atom is 0.245 e. The molecule has 2 atom stereocenters. The van der Waals surface area contributed by atoms with E-state index < -0.39 is 16.1 Å². The number of rotatable bonds is 4. The summed E-state index contributed by atoms with van der Waals surface area (Å²) in [5.41, 5.74) is 0.419. The normalized spacial score (nSPS) is 24.0. The average molecular weight is 388 g/mol. The second-order valence-corrected chi connectivity index (χ2v) is 8.63. The first kappa shape index (κ1) is 18.1. The van der Waals surface area contributed by atoms with E-state index in [-0.39, 0.29) is 11.0 Å². The zero-order valence-corrected chi connectivity index (χ0v) is 15.6. The van der Waals surface area contributed by atoms with Gasteiger partial charge in [-0.25, -0.2) is 8.42 Å². The van der Waals surface area contributed by atoms with Gasteiger partial charge in [0.25, 0.3) is 0 Å². The van der Waals surface area contributed by atoms with Crippen molar-refractivity contribution in [2.24, 2.45) is 0 Å². The lowest BCUT2D eigenvalue weighted by Gasteiger charge is -2.32. The molecule has 1 aromatic carbocycles. The number of hydrogen-bond donors (Lipinski definition) is 0. The third kappa shape index (κ3) is 3.48. The van der Waals surface area contributed by atoms with Gasteiger partial charge in [0.15, 0.2) is 0 Å². The van der Waals surface area contributed by atoms with E-state index in [2.05, 4.69) is 10.2 Å². The van der Waals surface area contributed by atoms with Crippen molar-refractivity contribution in [2.45, 2.75) is 49.1 Å². The van der Waals surface area contributed by atoms with E-state index in [0.29, 0.717) is 36.9 Å². The van der Waals surface area contributed by atoms with E-state index in [1.54, 1.807) is 0 Å². The number of benzene rings is 1. The first-order valence-corrected chi connectivity index (χ1v) is 10.5. The van der Waals surface area contributed by atoms with Crippen molar-refractivity contribution in [2.75, 3.05) is 13.2 Å². The summed E-state index contributed by atoms with van der Waals surface area (Å²) in [6, 6.07) is 7.45. The minimum absolute atomic E-state index is 0.160. The number of hydrogen-bond acceptors (Lipinski definition) is 7. The Labute approximate surface area is 157 Å². The minimum Gasteiger partial charge on any atom is -0.421 e. The molecule has 0 bridgehead atoms. The highest BCUT2D eigenvalue weighted by atomic mass is 32.2. The molecule has 9 heteroatoms. The molecule has 0 radical (unpaired) electrons. The summed E-state index contributed by atoms with van der Waals surface area (Å²) in [5, 5.41) is 17.1. The van der Waals surface area contributed by atoms with Gasteiger partial charge in [0.05, 0.1) is 16.5 Å². The number of nitrogens with zero attached hydrogens (tertiary/aromatic N) is 4. The highest BCUT2D eigenvalue weighted by Crippen LogP contribution is 2.36. The van der Waals surface area contributed by atoms with Gasteiger partial charge in [0.1, 0.15) is 12.1 Å². The molecule has 3 heterocycles. The predicted molar refractivity (Wildman–Crippen MR) is 93.9 cm³/mol. The SMILES string of the molecule is N#Cc1ccc(S(=O)(=O)N2CCCC[C@H]2c2nnc([C@H]3CCCO3)o2)cc1. The van der Waals surface area contributed by atoms with Crippen LogP contribution in [0.1, 0.15) is 61.6 Å². The number of sulfonamides is 1. The molecule has 0 saturated carbocycles. The van der Waals surface area contributed by atoms with Gasteiger partial charge in [0.2, 0.25) is 21.8 Å². The molecule has 1 aromatic heterocycles. The van der Waals surface area contributed by atoms with Crippen LogP contribution in [0.2, 0.25) is 0 Å². The van der Waals surface area contributed by atoms with Crippen molar-refractivity contribution in [3.63, 3.8) is 0 Å². The van der Waals surface area contributed by atoms with Gasteiger partial charge >= 0.3 is 0 Å². The summed E-state index contributed by atoms with van der Waals surface area (Å²) in [7, 11) is -3.73. The Balaban J connectivity index is 1.62. The first-order valence-electron chi connectivity index (χ1n) is 9.06. The lowest BCUT2D eigenvalue weighted by atomic mass is 10.1. The largest absolute Gasteiger partial charge is 0.421 e. The molecule has 27 heavy (non-hydrogen) atoms. The quantitative estimate of drug-likeness (QED) is 0.792. The fourth-order valence-electron chi connectivity index (χ4n) is 3.56. The van der Waals surface area contributed by atoms with E-state index in [1.807, 2.05) is 6.07 Å². The summed E-state index contributed by atoms with van der Waals surface area (Å²) in [4.78, 5) is 0.160. The van der Waals surface area contributed by atoms with Gasteiger partial charge < -0.3 is 9.15 Å². The van der Waals surface area contributed by atoms with Gasteiger partial charge in [-0.3, -0.25) is 0 Å². The molecule has 2 aliphatic rings. The zero-order valence-electron chi connectivity index (χ0n) is 14.7. The van der Waals surface area contributed by atoms with E-state index in [0.717, 1.165) is 25.7 Å². The van der Waals surface area contributed by atoms with Crippen molar-refractivity contribution in [1.29, 1.82) is 5.26 Å². The Morgan fingerprint density at radius 2 is 1.85 bits per heavy atom. The molecule has 0 N–H and O–H groups in total. The highest BCUT2D eigenvalue weighted by molar-refractivity contribution is 7.89. The Kier molecular flexibility index (Phi) is 4.95. The van der Waals surface area contributed by atoms with Crippen LogP contribution in [0.5, 0.6) is 0 Å². The summed E-state index contributed by atoms with van der Waals surface area (Å²) >= 11 is 0. The maximum atomic E-state index is 13.2. The van der Waals surface area contributed by atoms with E-state index >= 15 is 0 Å². The van der Waals surface area contributed by atoms with Crippen LogP contribution in [-0.4, -0.2) is 36.1 Å². The fourth-order valence-corrected chi connectivity index (χ4v) is 5.21. The first-order chi connectivity index (χ1) is 13.1. The number of piperidine rings is 1. The molecule has 0 spiro atoms. The molecule has 4 rings (SSSR count). The van der Waals surface area contributed by atoms with Gasteiger partial charge in [-0.2, -0.15) is 9.57 Å². The van der Waals surface area contributed by atoms with Crippen LogP contribution in [0, 0.1) is 11.3 Å². The molecule has 142 valence electrons. The zero-order chi connectivity index (χ0) is 18.9. The third-order valence-electron chi connectivity index (χ3n) is 4.99. The van der Waals surface area contributed by atoms with Crippen LogP contribution in [0.4, 0.5) is 0 Å². The lowest BCUT2D eigenvalue weighted by Crippen LogP contribution is -2.38. The number of nitriles is 1. The molecule has 0 aliphatic carbocycles. The fraction of sp³-hybridized carbons (Fsp3) is 0.500. The van der Waals surface area contributed by atoms with Crippen molar-refractivity contribution >= 4 is 10.0 Å². The van der Waals surface area contributed by atoms with Crippen LogP contribution < -0.4 is 0 Å². The molecule has 2 aromatic rings. The van der Waals surface area contributed by atoms with Crippen LogP contribution in [0.15, 0.2) is 33.6 Å². The smallest absolute Gasteiger partial charge is 0.245 e.